The highest BCUT2D eigenvalue weighted by molar-refractivity contribution is 6.28. The molecule has 3 aromatic heterocycles. The Labute approximate surface area is 294 Å². The molecule has 0 fully saturated rings. The van der Waals surface area contributed by atoms with Gasteiger partial charge in [0.2, 0.25) is 0 Å². The summed E-state index contributed by atoms with van der Waals surface area (Å²) in [5, 5.41) is 7.52. The van der Waals surface area contributed by atoms with Gasteiger partial charge in [-0.2, -0.15) is 0 Å². The molecule has 11 aromatic rings. The first-order valence-corrected chi connectivity index (χ1v) is 17.5. The second-order valence-electron chi connectivity index (χ2n) is 13.3. The van der Waals surface area contributed by atoms with Gasteiger partial charge in [-0.3, -0.25) is 0 Å². The van der Waals surface area contributed by atoms with Gasteiger partial charge >= 0.3 is 0 Å². The molecule has 0 N–H and O–H groups in total. The molecule has 0 aliphatic rings. The van der Waals surface area contributed by atoms with Crippen LogP contribution in [-0.4, -0.2) is 13.7 Å². The van der Waals surface area contributed by atoms with E-state index in [0.29, 0.717) is 0 Å². The lowest BCUT2D eigenvalue weighted by Crippen LogP contribution is -1.99. The van der Waals surface area contributed by atoms with Crippen LogP contribution in [0, 0.1) is 0 Å². The minimum Gasteiger partial charge on any atom is -0.309 e. The topological polar surface area (TPSA) is 14.8 Å². The Bertz CT molecular complexity index is 3050. The molecule has 0 saturated carbocycles. The van der Waals surface area contributed by atoms with Gasteiger partial charge in [0.25, 0.3) is 0 Å². The summed E-state index contributed by atoms with van der Waals surface area (Å²) in [6.07, 6.45) is 0. The molecule has 0 bridgehead atoms. The minimum absolute atomic E-state index is 1.15. The highest BCUT2D eigenvalue weighted by Gasteiger charge is 2.24. The zero-order chi connectivity index (χ0) is 33.5. The van der Waals surface area contributed by atoms with E-state index in [1.54, 1.807) is 0 Å². The van der Waals surface area contributed by atoms with E-state index >= 15 is 0 Å². The molecule has 3 heterocycles. The first kappa shape index (κ1) is 28.0. The molecule has 11 rings (SSSR count). The van der Waals surface area contributed by atoms with Crippen molar-refractivity contribution in [2.75, 3.05) is 0 Å². The summed E-state index contributed by atoms with van der Waals surface area (Å²) in [5.74, 6) is 0. The Hall–Kier alpha value is -6.84. The average Bonchev–Trinajstić information content (AvgIpc) is 3.85. The normalized spacial score (nSPS) is 11.9. The number of para-hydroxylation sites is 6. The maximum Gasteiger partial charge on any atom is 0.0795 e. The summed E-state index contributed by atoms with van der Waals surface area (Å²) >= 11 is 0. The third-order valence-corrected chi connectivity index (χ3v) is 10.6. The molecule has 51 heavy (non-hydrogen) atoms. The van der Waals surface area contributed by atoms with E-state index in [2.05, 4.69) is 202 Å². The molecule has 0 aliphatic heterocycles. The van der Waals surface area contributed by atoms with Gasteiger partial charge in [-0.1, -0.05) is 121 Å². The van der Waals surface area contributed by atoms with Gasteiger partial charge in [0.15, 0.2) is 0 Å². The van der Waals surface area contributed by atoms with E-state index in [-0.39, 0.29) is 0 Å². The number of hydrogen-bond donors (Lipinski definition) is 0. The smallest absolute Gasteiger partial charge is 0.0795 e. The summed E-state index contributed by atoms with van der Waals surface area (Å²) < 4.78 is 7.32. The summed E-state index contributed by atoms with van der Waals surface area (Å²) in [4.78, 5) is 0. The quantitative estimate of drug-likeness (QED) is 0.180. The molecule has 0 amide bonds. The van der Waals surface area contributed by atoms with Crippen molar-refractivity contribution >= 4 is 65.4 Å². The first-order valence-electron chi connectivity index (χ1n) is 17.5. The monoisotopic (exact) mass is 649 g/mol. The van der Waals surface area contributed by atoms with Gasteiger partial charge in [0.05, 0.1) is 33.1 Å². The molecule has 238 valence electrons. The van der Waals surface area contributed by atoms with Crippen LogP contribution in [-0.2, 0) is 0 Å². The Morgan fingerprint density at radius 1 is 0.275 bits per heavy atom. The van der Waals surface area contributed by atoms with E-state index in [4.69, 9.17) is 0 Å². The Morgan fingerprint density at radius 3 is 1.22 bits per heavy atom. The van der Waals surface area contributed by atoms with Gasteiger partial charge < -0.3 is 13.7 Å². The maximum absolute atomic E-state index is 2.47. The van der Waals surface area contributed by atoms with Crippen LogP contribution in [0.15, 0.2) is 188 Å². The lowest BCUT2D eigenvalue weighted by molar-refractivity contribution is 1.15. The van der Waals surface area contributed by atoms with E-state index in [9.17, 15) is 0 Å². The number of hydrogen-bond acceptors (Lipinski definition) is 0. The van der Waals surface area contributed by atoms with Gasteiger partial charge in [-0.05, 0) is 77.9 Å². The van der Waals surface area contributed by atoms with Crippen LogP contribution in [0.1, 0.15) is 0 Å². The highest BCUT2D eigenvalue weighted by Crippen LogP contribution is 2.46. The third kappa shape index (κ3) is 4.00. The van der Waals surface area contributed by atoms with Crippen LogP contribution in [0.5, 0.6) is 0 Å². The van der Waals surface area contributed by atoms with Crippen LogP contribution in [0.3, 0.4) is 0 Å². The van der Waals surface area contributed by atoms with Crippen LogP contribution in [0.25, 0.3) is 93.6 Å². The predicted octanol–water partition coefficient (Wildman–Crippen LogP) is 12.6. The maximum atomic E-state index is 2.47. The standard InChI is InChI=1S/C48H31N3/c1-3-15-33(16-4-1)50-44-25-13-9-21-38(44)41-31-40(46-39-22-10-14-26-45(39)51(48(46)47(41)50)34-17-5-2-6-18-34)32-27-29-35(30-28-32)49-42-23-11-7-19-36(42)37-20-8-12-24-43(37)49/h1-31H. The van der Waals surface area contributed by atoms with Gasteiger partial charge in [0, 0.05) is 49.4 Å². The number of rotatable bonds is 4. The summed E-state index contributed by atoms with van der Waals surface area (Å²) in [5.41, 5.74) is 13.1. The Kier molecular flexibility index (Phi) is 5.96. The molecule has 0 radical (unpaired) electrons. The summed E-state index contributed by atoms with van der Waals surface area (Å²) in [7, 11) is 0. The first-order chi connectivity index (χ1) is 25.3. The van der Waals surface area contributed by atoms with Crippen molar-refractivity contribution in [3.63, 3.8) is 0 Å². The second-order valence-corrected chi connectivity index (χ2v) is 13.3. The second kappa shape index (κ2) is 10.8. The van der Waals surface area contributed by atoms with Crippen molar-refractivity contribution in [2.24, 2.45) is 0 Å². The zero-order valence-corrected chi connectivity index (χ0v) is 27.7. The van der Waals surface area contributed by atoms with Crippen molar-refractivity contribution in [3.8, 4) is 28.2 Å². The lowest BCUT2D eigenvalue weighted by Gasteiger charge is -2.14. The molecule has 8 aromatic carbocycles. The van der Waals surface area contributed by atoms with Crippen molar-refractivity contribution in [1.29, 1.82) is 0 Å². The molecule has 0 saturated heterocycles. The molecule has 0 atom stereocenters. The third-order valence-electron chi connectivity index (χ3n) is 10.6. The number of benzene rings is 8. The largest absolute Gasteiger partial charge is 0.309 e. The number of nitrogens with zero attached hydrogens (tertiary/aromatic N) is 3. The van der Waals surface area contributed by atoms with Gasteiger partial charge in [0.1, 0.15) is 0 Å². The van der Waals surface area contributed by atoms with Crippen molar-refractivity contribution in [1.82, 2.24) is 13.7 Å². The molecule has 0 spiro atoms. The molecule has 3 heteroatoms. The SMILES string of the molecule is c1ccc(-n2c3ccccc3c3cc(-c4ccc(-n5c6ccccc6c6ccccc65)cc4)c4c5ccccc5n(-c5ccccc5)c4c32)cc1. The van der Waals surface area contributed by atoms with Crippen molar-refractivity contribution in [3.05, 3.63) is 188 Å². The lowest BCUT2D eigenvalue weighted by atomic mass is 9.96. The molecule has 3 nitrogen and oxygen atoms in total. The van der Waals surface area contributed by atoms with E-state index in [1.165, 1.54) is 76.5 Å². The fourth-order valence-corrected chi connectivity index (χ4v) is 8.51. The molecular weight excluding hydrogens is 619 g/mol. The van der Waals surface area contributed by atoms with E-state index in [1.807, 2.05) is 0 Å². The number of fused-ring (bicyclic) bond motifs is 10. The fraction of sp³-hybridized carbons (Fsp3) is 0. The van der Waals surface area contributed by atoms with Crippen molar-refractivity contribution < 1.29 is 0 Å². The average molecular weight is 650 g/mol. The molecule has 0 unspecified atom stereocenters. The van der Waals surface area contributed by atoms with Crippen molar-refractivity contribution in [2.45, 2.75) is 0 Å². The highest BCUT2D eigenvalue weighted by atomic mass is 15.0. The Morgan fingerprint density at radius 2 is 0.667 bits per heavy atom. The predicted molar refractivity (Wildman–Crippen MR) is 215 cm³/mol. The van der Waals surface area contributed by atoms with Crippen LogP contribution < -0.4 is 0 Å². The van der Waals surface area contributed by atoms with Gasteiger partial charge in [-0.15, -0.1) is 0 Å². The minimum atomic E-state index is 1.15. The molecular formula is C48H31N3. The van der Waals surface area contributed by atoms with Crippen LogP contribution in [0.4, 0.5) is 0 Å². The summed E-state index contributed by atoms with van der Waals surface area (Å²) in [6, 6.07) is 68.4. The Balaban J connectivity index is 1.27. The molecule has 0 aliphatic carbocycles. The van der Waals surface area contributed by atoms with E-state index in [0.717, 1.165) is 17.1 Å². The van der Waals surface area contributed by atoms with E-state index < -0.39 is 0 Å². The van der Waals surface area contributed by atoms with Crippen LogP contribution in [0.2, 0.25) is 0 Å². The summed E-state index contributed by atoms with van der Waals surface area (Å²) in [6.45, 7) is 0. The fourth-order valence-electron chi connectivity index (χ4n) is 8.51. The number of aromatic nitrogens is 3. The van der Waals surface area contributed by atoms with Crippen LogP contribution >= 0.6 is 0 Å². The van der Waals surface area contributed by atoms with Gasteiger partial charge in [-0.25, -0.2) is 0 Å². The zero-order valence-electron chi connectivity index (χ0n) is 27.7.